The van der Waals surface area contributed by atoms with Crippen LogP contribution in [0.5, 0.6) is 0 Å². The van der Waals surface area contributed by atoms with Gasteiger partial charge in [-0.2, -0.15) is 0 Å². The maximum Gasteiger partial charge on any atom is 0.133 e. The van der Waals surface area contributed by atoms with E-state index in [-0.39, 0.29) is 6.04 Å². The van der Waals surface area contributed by atoms with Crippen LogP contribution in [0, 0.1) is 6.92 Å². The molecular weight excluding hydrogens is 152 g/mol. The highest BCUT2D eigenvalue weighted by atomic mass is 16.5. The van der Waals surface area contributed by atoms with Crippen LogP contribution in [0.1, 0.15) is 38.3 Å². The summed E-state index contributed by atoms with van der Waals surface area (Å²) < 4.78 is 4.98. The van der Waals surface area contributed by atoms with Gasteiger partial charge in [-0.3, -0.25) is 0 Å². The van der Waals surface area contributed by atoms with Gasteiger partial charge in [-0.15, -0.1) is 0 Å². The minimum absolute atomic E-state index is 0.266. The Hall–Kier alpha value is -0.830. The van der Waals surface area contributed by atoms with E-state index in [0.717, 1.165) is 11.5 Å². The van der Waals surface area contributed by atoms with Crippen molar-refractivity contribution in [3.05, 3.63) is 17.5 Å². The molecule has 1 aromatic rings. The molecule has 0 aliphatic rings. The molecule has 0 aliphatic heterocycles. The average Bonchev–Trinajstić information content (AvgIpc) is 2.34. The van der Waals surface area contributed by atoms with Crippen LogP contribution in [0.3, 0.4) is 0 Å². The first-order valence-electron chi connectivity index (χ1n) is 4.29. The summed E-state index contributed by atoms with van der Waals surface area (Å²) >= 11 is 0. The number of hydrogen-bond acceptors (Lipinski definition) is 3. The average molecular weight is 168 g/mol. The fraction of sp³-hybridized carbons (Fsp3) is 0.667. The van der Waals surface area contributed by atoms with E-state index in [2.05, 4.69) is 31.2 Å². The van der Waals surface area contributed by atoms with E-state index in [1.807, 2.05) is 13.0 Å². The third-order valence-electron chi connectivity index (χ3n) is 1.67. The fourth-order valence-electron chi connectivity index (χ4n) is 1.18. The molecule has 68 valence electrons. The Balaban J connectivity index is 2.58. The quantitative estimate of drug-likeness (QED) is 0.750. The van der Waals surface area contributed by atoms with Crippen molar-refractivity contribution in [3.63, 3.8) is 0 Å². The molecule has 0 aliphatic carbocycles. The topological polar surface area (TPSA) is 38.1 Å². The largest absolute Gasteiger partial charge is 0.361 e. The molecule has 0 aromatic carbocycles. The van der Waals surface area contributed by atoms with Gasteiger partial charge in [0.05, 0.1) is 6.04 Å². The Kier molecular flexibility index (Phi) is 2.87. The maximum absolute atomic E-state index is 4.98. The molecule has 1 atom stereocenters. The van der Waals surface area contributed by atoms with Crippen molar-refractivity contribution in [1.29, 1.82) is 0 Å². The molecule has 1 aromatic heterocycles. The van der Waals surface area contributed by atoms with E-state index < -0.39 is 0 Å². The highest BCUT2D eigenvalue weighted by Crippen LogP contribution is 2.12. The number of hydrogen-bond donors (Lipinski definition) is 1. The zero-order valence-corrected chi connectivity index (χ0v) is 8.09. The van der Waals surface area contributed by atoms with E-state index in [9.17, 15) is 0 Å². The molecule has 0 spiro atoms. The highest BCUT2D eigenvalue weighted by molar-refractivity contribution is 5.07. The van der Waals surface area contributed by atoms with Crippen LogP contribution in [0.25, 0.3) is 0 Å². The number of aromatic nitrogens is 1. The molecule has 0 amide bonds. The SMILES string of the molecule is Cc1cc(C(C)NC(C)C)no1. The van der Waals surface area contributed by atoms with Crippen molar-refractivity contribution in [2.75, 3.05) is 0 Å². The molecule has 3 nitrogen and oxygen atoms in total. The lowest BCUT2D eigenvalue weighted by molar-refractivity contribution is 0.377. The van der Waals surface area contributed by atoms with Gasteiger partial charge in [0, 0.05) is 12.1 Å². The molecular formula is C9H16N2O. The van der Waals surface area contributed by atoms with E-state index >= 15 is 0 Å². The summed E-state index contributed by atoms with van der Waals surface area (Å²) in [6.45, 7) is 8.21. The first-order valence-corrected chi connectivity index (χ1v) is 4.29. The van der Waals surface area contributed by atoms with Gasteiger partial charge in [-0.05, 0) is 13.8 Å². The van der Waals surface area contributed by atoms with Crippen LogP contribution in [0.15, 0.2) is 10.6 Å². The van der Waals surface area contributed by atoms with E-state index in [0.29, 0.717) is 6.04 Å². The van der Waals surface area contributed by atoms with E-state index in [1.54, 1.807) is 0 Å². The zero-order chi connectivity index (χ0) is 9.14. The number of rotatable bonds is 3. The maximum atomic E-state index is 4.98. The summed E-state index contributed by atoms with van der Waals surface area (Å²) in [6.07, 6.45) is 0. The second-order valence-corrected chi connectivity index (χ2v) is 3.41. The second kappa shape index (κ2) is 3.72. The Morgan fingerprint density at radius 2 is 2.08 bits per heavy atom. The molecule has 0 saturated carbocycles. The monoisotopic (exact) mass is 168 g/mol. The highest BCUT2D eigenvalue weighted by Gasteiger charge is 2.10. The standard InChI is InChI=1S/C9H16N2O/c1-6(2)10-8(4)9-5-7(3)12-11-9/h5-6,8,10H,1-4H3. The van der Waals surface area contributed by atoms with E-state index in [1.165, 1.54) is 0 Å². The van der Waals surface area contributed by atoms with Crippen molar-refractivity contribution >= 4 is 0 Å². The van der Waals surface area contributed by atoms with Crippen LogP contribution in [0.2, 0.25) is 0 Å². The predicted octanol–water partition coefficient (Wildman–Crippen LogP) is 2.04. The van der Waals surface area contributed by atoms with Gasteiger partial charge in [0.15, 0.2) is 0 Å². The Bertz CT molecular complexity index is 242. The first-order chi connectivity index (χ1) is 5.59. The van der Waals surface area contributed by atoms with Crippen molar-refractivity contribution in [1.82, 2.24) is 10.5 Å². The lowest BCUT2D eigenvalue weighted by Crippen LogP contribution is -2.26. The van der Waals surface area contributed by atoms with Gasteiger partial charge in [0.25, 0.3) is 0 Å². The summed E-state index contributed by atoms with van der Waals surface area (Å²) in [5.41, 5.74) is 0.973. The molecule has 1 unspecified atom stereocenters. The van der Waals surface area contributed by atoms with Crippen LogP contribution in [-0.2, 0) is 0 Å². The molecule has 0 radical (unpaired) electrons. The summed E-state index contributed by atoms with van der Waals surface area (Å²) in [4.78, 5) is 0. The smallest absolute Gasteiger partial charge is 0.133 e. The molecule has 0 saturated heterocycles. The lowest BCUT2D eigenvalue weighted by atomic mass is 10.2. The summed E-state index contributed by atoms with van der Waals surface area (Å²) in [7, 11) is 0. The molecule has 1 N–H and O–H groups in total. The molecule has 0 fully saturated rings. The second-order valence-electron chi connectivity index (χ2n) is 3.41. The first kappa shape index (κ1) is 9.26. The molecule has 12 heavy (non-hydrogen) atoms. The van der Waals surface area contributed by atoms with Crippen LogP contribution in [-0.4, -0.2) is 11.2 Å². The van der Waals surface area contributed by atoms with Crippen molar-refractivity contribution in [2.45, 2.75) is 39.8 Å². The third kappa shape index (κ3) is 2.34. The van der Waals surface area contributed by atoms with Crippen molar-refractivity contribution in [2.24, 2.45) is 0 Å². The van der Waals surface area contributed by atoms with E-state index in [4.69, 9.17) is 4.52 Å². The van der Waals surface area contributed by atoms with Gasteiger partial charge in [-0.1, -0.05) is 19.0 Å². The number of nitrogens with one attached hydrogen (secondary N) is 1. The normalized spacial score (nSPS) is 13.8. The number of nitrogens with zero attached hydrogens (tertiary/aromatic N) is 1. The van der Waals surface area contributed by atoms with Crippen LogP contribution >= 0.6 is 0 Å². The van der Waals surface area contributed by atoms with Gasteiger partial charge < -0.3 is 9.84 Å². The molecule has 1 rings (SSSR count). The Morgan fingerprint density at radius 1 is 1.42 bits per heavy atom. The van der Waals surface area contributed by atoms with Crippen LogP contribution in [0.4, 0.5) is 0 Å². The molecule has 3 heteroatoms. The Labute approximate surface area is 73.1 Å². The Morgan fingerprint density at radius 3 is 2.50 bits per heavy atom. The van der Waals surface area contributed by atoms with Gasteiger partial charge in [0.1, 0.15) is 11.5 Å². The minimum atomic E-state index is 0.266. The van der Waals surface area contributed by atoms with Crippen LogP contribution < -0.4 is 5.32 Å². The summed E-state index contributed by atoms with van der Waals surface area (Å²) in [5, 5.41) is 7.28. The summed E-state index contributed by atoms with van der Waals surface area (Å²) in [5.74, 6) is 0.863. The third-order valence-corrected chi connectivity index (χ3v) is 1.67. The summed E-state index contributed by atoms with van der Waals surface area (Å²) in [6, 6.07) is 2.69. The van der Waals surface area contributed by atoms with Crippen molar-refractivity contribution < 1.29 is 4.52 Å². The number of aryl methyl sites for hydroxylation is 1. The van der Waals surface area contributed by atoms with Gasteiger partial charge >= 0.3 is 0 Å². The predicted molar refractivity (Wildman–Crippen MR) is 47.9 cm³/mol. The molecule has 0 bridgehead atoms. The zero-order valence-electron chi connectivity index (χ0n) is 8.09. The van der Waals surface area contributed by atoms with Gasteiger partial charge in [-0.25, -0.2) is 0 Å². The minimum Gasteiger partial charge on any atom is -0.361 e. The van der Waals surface area contributed by atoms with Gasteiger partial charge in [0.2, 0.25) is 0 Å². The fourth-order valence-corrected chi connectivity index (χ4v) is 1.18. The lowest BCUT2D eigenvalue weighted by Gasteiger charge is -2.13. The van der Waals surface area contributed by atoms with Crippen molar-refractivity contribution in [3.8, 4) is 0 Å². The molecule has 1 heterocycles.